The van der Waals surface area contributed by atoms with Gasteiger partial charge in [0.25, 0.3) is 0 Å². The minimum atomic E-state index is -0.227. The second-order valence-electron chi connectivity index (χ2n) is 5.92. The third-order valence-electron chi connectivity index (χ3n) is 4.67. The third-order valence-corrected chi connectivity index (χ3v) is 4.67. The van der Waals surface area contributed by atoms with Crippen LogP contribution in [0.25, 0.3) is 0 Å². The zero-order valence-electron chi connectivity index (χ0n) is 11.6. The molecule has 0 saturated carbocycles. The molecule has 1 unspecified atom stereocenters. The molecule has 4 rings (SSSR count). The fraction of sp³-hybridized carbons (Fsp3) is 0.333. The topological polar surface area (TPSA) is 29.5 Å². The van der Waals surface area contributed by atoms with Gasteiger partial charge in [-0.2, -0.15) is 0 Å². The summed E-state index contributed by atoms with van der Waals surface area (Å²) in [5, 5.41) is 9.43. The van der Waals surface area contributed by atoms with E-state index < -0.39 is 0 Å². The number of aliphatic hydroxyl groups excluding tert-OH is 1. The average Bonchev–Trinajstić information content (AvgIpc) is 2.89. The molecule has 21 heavy (non-hydrogen) atoms. The summed E-state index contributed by atoms with van der Waals surface area (Å²) >= 11 is 0. The summed E-state index contributed by atoms with van der Waals surface area (Å²) in [6, 6.07) is 13.3. The Hall–Kier alpha value is -1.71. The molecule has 108 valence electrons. The Morgan fingerprint density at radius 1 is 1.10 bits per heavy atom. The zero-order chi connectivity index (χ0) is 14.4. The van der Waals surface area contributed by atoms with Crippen molar-refractivity contribution in [2.45, 2.75) is 31.0 Å². The maximum Gasteiger partial charge on any atom is 0.123 e. The van der Waals surface area contributed by atoms with Crippen LogP contribution in [0.4, 0.5) is 4.39 Å². The Balaban J connectivity index is 1.90. The Morgan fingerprint density at radius 2 is 1.90 bits per heavy atom. The highest BCUT2D eigenvalue weighted by Gasteiger charge is 2.40. The maximum absolute atomic E-state index is 13.7. The number of benzene rings is 2. The van der Waals surface area contributed by atoms with Crippen molar-refractivity contribution in [2.75, 3.05) is 6.61 Å². The molecule has 0 radical (unpaired) electrons. The van der Waals surface area contributed by atoms with Gasteiger partial charge in [0.2, 0.25) is 0 Å². The molecule has 0 amide bonds. The van der Waals surface area contributed by atoms with E-state index in [0.717, 1.165) is 24.0 Å². The quantitative estimate of drug-likeness (QED) is 0.870. The minimum Gasteiger partial charge on any atom is -0.394 e. The molecule has 0 aromatic heterocycles. The van der Waals surface area contributed by atoms with E-state index in [0.29, 0.717) is 0 Å². The summed E-state index contributed by atoms with van der Waals surface area (Å²) in [4.78, 5) is 0. The summed E-state index contributed by atoms with van der Waals surface area (Å²) in [5.74, 6) is -0.0316. The van der Waals surface area contributed by atoms with Gasteiger partial charge in [-0.25, -0.2) is 4.39 Å². The van der Waals surface area contributed by atoms with E-state index in [2.05, 4.69) is 12.1 Å². The molecular formula is C18H17FO2. The van der Waals surface area contributed by atoms with Crippen molar-refractivity contribution in [1.82, 2.24) is 0 Å². The van der Waals surface area contributed by atoms with Crippen LogP contribution >= 0.6 is 0 Å². The molecule has 2 nitrogen and oxygen atoms in total. The fourth-order valence-corrected chi connectivity index (χ4v) is 3.72. The second-order valence-corrected chi connectivity index (χ2v) is 5.92. The Labute approximate surface area is 123 Å². The van der Waals surface area contributed by atoms with Crippen LogP contribution in [0.15, 0.2) is 42.5 Å². The molecule has 0 bridgehead atoms. The summed E-state index contributed by atoms with van der Waals surface area (Å²) in [5.41, 5.74) is 4.61. The van der Waals surface area contributed by atoms with Gasteiger partial charge in [-0.1, -0.05) is 30.3 Å². The maximum atomic E-state index is 13.7. The van der Waals surface area contributed by atoms with Crippen molar-refractivity contribution in [3.8, 4) is 0 Å². The molecule has 2 aromatic carbocycles. The number of rotatable bonds is 1. The zero-order valence-corrected chi connectivity index (χ0v) is 11.6. The second kappa shape index (κ2) is 4.93. The Bertz CT molecular complexity index is 683. The summed E-state index contributed by atoms with van der Waals surface area (Å²) in [6.07, 6.45) is 1.28. The third kappa shape index (κ3) is 2.08. The average molecular weight is 284 g/mol. The van der Waals surface area contributed by atoms with Gasteiger partial charge in [0, 0.05) is 5.92 Å². The predicted octanol–water partition coefficient (Wildman–Crippen LogP) is 3.34. The standard InChI is InChI=1S/C18H17FO2/c19-13-6-5-12-7-11-3-1-2-4-15(11)17-9-14(10-20)21-18(17)16(12)8-13/h1-6,8,14,17-18,20H,7,9-10H2/t14?,17-,18+/m1/s1. The van der Waals surface area contributed by atoms with Gasteiger partial charge < -0.3 is 9.84 Å². The molecule has 0 spiro atoms. The van der Waals surface area contributed by atoms with Crippen molar-refractivity contribution in [3.05, 3.63) is 70.5 Å². The molecule has 2 aliphatic rings. The van der Waals surface area contributed by atoms with Crippen molar-refractivity contribution >= 4 is 0 Å². The van der Waals surface area contributed by atoms with Gasteiger partial charge in [0.15, 0.2) is 0 Å². The monoisotopic (exact) mass is 284 g/mol. The first kappa shape index (κ1) is 13.0. The highest BCUT2D eigenvalue weighted by atomic mass is 19.1. The molecule has 1 saturated heterocycles. The van der Waals surface area contributed by atoms with E-state index in [4.69, 9.17) is 4.74 Å². The van der Waals surface area contributed by atoms with Crippen molar-refractivity contribution < 1.29 is 14.2 Å². The summed E-state index contributed by atoms with van der Waals surface area (Å²) < 4.78 is 19.7. The van der Waals surface area contributed by atoms with Crippen LogP contribution in [0.5, 0.6) is 0 Å². The molecule has 3 heteroatoms. The van der Waals surface area contributed by atoms with E-state index in [1.165, 1.54) is 17.2 Å². The lowest BCUT2D eigenvalue weighted by molar-refractivity contribution is 0.00829. The number of ether oxygens (including phenoxy) is 1. The molecule has 3 atom stereocenters. The van der Waals surface area contributed by atoms with Crippen LogP contribution in [0, 0.1) is 5.82 Å². The highest BCUT2D eigenvalue weighted by molar-refractivity contribution is 5.45. The fourth-order valence-electron chi connectivity index (χ4n) is 3.72. The SMILES string of the molecule is OCC1C[C@@H]2c3ccccc3Cc3ccc(F)cc3[C@@H]2O1. The molecule has 2 aromatic rings. The molecule has 1 heterocycles. The van der Waals surface area contributed by atoms with Crippen LogP contribution in [0.3, 0.4) is 0 Å². The highest BCUT2D eigenvalue weighted by Crippen LogP contribution is 2.49. The largest absolute Gasteiger partial charge is 0.394 e. The number of hydrogen-bond acceptors (Lipinski definition) is 2. The Morgan fingerprint density at radius 3 is 2.76 bits per heavy atom. The van der Waals surface area contributed by atoms with Gasteiger partial charge >= 0.3 is 0 Å². The Kier molecular flexibility index (Phi) is 3.05. The lowest BCUT2D eigenvalue weighted by Gasteiger charge is -2.19. The number of halogens is 1. The van der Waals surface area contributed by atoms with E-state index in [9.17, 15) is 9.50 Å². The van der Waals surface area contributed by atoms with Crippen LogP contribution in [-0.2, 0) is 11.2 Å². The van der Waals surface area contributed by atoms with Crippen LogP contribution in [-0.4, -0.2) is 17.8 Å². The molecule has 1 aliphatic heterocycles. The van der Waals surface area contributed by atoms with E-state index in [-0.39, 0.29) is 30.5 Å². The molecule has 1 N–H and O–H groups in total. The van der Waals surface area contributed by atoms with E-state index in [1.807, 2.05) is 18.2 Å². The summed E-state index contributed by atoms with van der Waals surface area (Å²) in [7, 11) is 0. The first-order valence-corrected chi connectivity index (χ1v) is 7.38. The smallest absolute Gasteiger partial charge is 0.123 e. The molecule has 1 fully saturated rings. The van der Waals surface area contributed by atoms with Crippen molar-refractivity contribution in [2.24, 2.45) is 0 Å². The van der Waals surface area contributed by atoms with Gasteiger partial charge in [0.05, 0.1) is 18.8 Å². The predicted molar refractivity (Wildman–Crippen MR) is 77.7 cm³/mol. The summed E-state index contributed by atoms with van der Waals surface area (Å²) in [6.45, 7) is 0.0137. The first-order chi connectivity index (χ1) is 10.3. The van der Waals surface area contributed by atoms with Crippen molar-refractivity contribution in [3.63, 3.8) is 0 Å². The van der Waals surface area contributed by atoms with Gasteiger partial charge in [-0.15, -0.1) is 0 Å². The lowest BCUT2D eigenvalue weighted by atomic mass is 9.87. The normalized spacial score (nSPS) is 26.7. The van der Waals surface area contributed by atoms with E-state index >= 15 is 0 Å². The van der Waals surface area contributed by atoms with Gasteiger partial charge in [0.1, 0.15) is 5.82 Å². The number of fused-ring (bicyclic) bond motifs is 5. The first-order valence-electron chi connectivity index (χ1n) is 7.38. The van der Waals surface area contributed by atoms with Gasteiger partial charge in [-0.3, -0.25) is 0 Å². The van der Waals surface area contributed by atoms with Gasteiger partial charge in [-0.05, 0) is 47.2 Å². The van der Waals surface area contributed by atoms with Crippen molar-refractivity contribution in [1.29, 1.82) is 0 Å². The van der Waals surface area contributed by atoms with E-state index in [1.54, 1.807) is 6.07 Å². The number of aliphatic hydroxyl groups is 1. The van der Waals surface area contributed by atoms with Crippen LogP contribution < -0.4 is 0 Å². The van der Waals surface area contributed by atoms with Crippen LogP contribution in [0.1, 0.15) is 40.7 Å². The minimum absolute atomic E-state index is 0.0137. The molecule has 1 aliphatic carbocycles. The number of hydrogen-bond donors (Lipinski definition) is 1. The molecular weight excluding hydrogens is 267 g/mol. The lowest BCUT2D eigenvalue weighted by Crippen LogP contribution is -2.11. The van der Waals surface area contributed by atoms with Crippen LogP contribution in [0.2, 0.25) is 0 Å².